The van der Waals surface area contributed by atoms with Gasteiger partial charge in [-0.25, -0.2) is 4.68 Å². The topological polar surface area (TPSA) is 85.8 Å². The number of amides is 1. The van der Waals surface area contributed by atoms with Crippen LogP contribution >= 0.6 is 0 Å². The summed E-state index contributed by atoms with van der Waals surface area (Å²) in [6.07, 6.45) is 3.18. The summed E-state index contributed by atoms with van der Waals surface area (Å²) in [5.41, 5.74) is 7.28. The van der Waals surface area contributed by atoms with Gasteiger partial charge in [-0.1, -0.05) is 17.3 Å². The van der Waals surface area contributed by atoms with Crippen molar-refractivity contribution < 1.29 is 4.79 Å². The zero-order chi connectivity index (χ0) is 12.1. The number of nitrogens with two attached hydrogens (primary N) is 1. The molecular weight excluding hydrogens is 218 g/mol. The molecule has 0 aliphatic heterocycles. The van der Waals surface area contributed by atoms with Crippen molar-refractivity contribution >= 4 is 11.6 Å². The summed E-state index contributed by atoms with van der Waals surface area (Å²) in [6.45, 7) is 0.656. The number of nitrogens with zero attached hydrogens (tertiary/aromatic N) is 3. The fourth-order valence-electron chi connectivity index (χ4n) is 1.36. The molecule has 1 aromatic carbocycles. The SMILES string of the molecule is Nc1ccc(CNC(=O)Cn2ccnn2)cc1. The van der Waals surface area contributed by atoms with Gasteiger partial charge in [-0.2, -0.15) is 0 Å². The molecule has 0 saturated heterocycles. The van der Waals surface area contributed by atoms with Gasteiger partial charge < -0.3 is 11.1 Å². The predicted molar refractivity (Wildman–Crippen MR) is 62.7 cm³/mol. The van der Waals surface area contributed by atoms with Crippen molar-refractivity contribution in [1.82, 2.24) is 20.3 Å². The van der Waals surface area contributed by atoms with Gasteiger partial charge in [0.25, 0.3) is 0 Å². The Hall–Kier alpha value is -2.37. The molecule has 0 bridgehead atoms. The molecule has 17 heavy (non-hydrogen) atoms. The Morgan fingerprint density at radius 1 is 1.35 bits per heavy atom. The molecule has 88 valence electrons. The fourth-order valence-corrected chi connectivity index (χ4v) is 1.36. The van der Waals surface area contributed by atoms with Crippen LogP contribution in [0, 0.1) is 0 Å². The number of hydrogen-bond donors (Lipinski definition) is 2. The van der Waals surface area contributed by atoms with Gasteiger partial charge >= 0.3 is 0 Å². The second-order valence-corrected chi connectivity index (χ2v) is 3.62. The van der Waals surface area contributed by atoms with E-state index in [0.29, 0.717) is 12.2 Å². The van der Waals surface area contributed by atoms with E-state index in [-0.39, 0.29) is 12.5 Å². The van der Waals surface area contributed by atoms with Crippen molar-refractivity contribution in [2.24, 2.45) is 0 Å². The smallest absolute Gasteiger partial charge is 0.242 e. The number of carbonyl (C=O) groups excluding carboxylic acids is 1. The Labute approximate surface area is 98.4 Å². The summed E-state index contributed by atoms with van der Waals surface area (Å²) < 4.78 is 1.47. The first-order valence-corrected chi connectivity index (χ1v) is 5.19. The van der Waals surface area contributed by atoms with Gasteiger partial charge in [-0.3, -0.25) is 4.79 Å². The van der Waals surface area contributed by atoms with Crippen LogP contribution in [0.1, 0.15) is 5.56 Å². The van der Waals surface area contributed by atoms with Crippen molar-refractivity contribution in [1.29, 1.82) is 0 Å². The third kappa shape index (κ3) is 3.30. The Balaban J connectivity index is 1.82. The molecule has 1 heterocycles. The number of rotatable bonds is 4. The van der Waals surface area contributed by atoms with E-state index in [4.69, 9.17) is 5.73 Å². The molecule has 6 heteroatoms. The molecule has 0 spiro atoms. The van der Waals surface area contributed by atoms with E-state index in [1.165, 1.54) is 10.9 Å². The Kier molecular flexibility index (Phi) is 3.34. The molecule has 1 aromatic heterocycles. The van der Waals surface area contributed by atoms with Gasteiger partial charge in [-0.05, 0) is 17.7 Å². The molecule has 6 nitrogen and oxygen atoms in total. The lowest BCUT2D eigenvalue weighted by atomic mass is 10.2. The van der Waals surface area contributed by atoms with Crippen molar-refractivity contribution in [3.63, 3.8) is 0 Å². The summed E-state index contributed by atoms with van der Waals surface area (Å²) in [6, 6.07) is 7.37. The predicted octanol–water partition coefficient (Wildman–Crippen LogP) is 0.177. The highest BCUT2D eigenvalue weighted by molar-refractivity contribution is 5.75. The third-order valence-electron chi connectivity index (χ3n) is 2.25. The summed E-state index contributed by atoms with van der Waals surface area (Å²) in [5, 5.41) is 10.1. The third-order valence-corrected chi connectivity index (χ3v) is 2.25. The molecule has 0 radical (unpaired) electrons. The molecule has 1 amide bonds. The van der Waals surface area contributed by atoms with Crippen molar-refractivity contribution in [3.05, 3.63) is 42.2 Å². The van der Waals surface area contributed by atoms with Crippen LogP contribution in [0.4, 0.5) is 5.69 Å². The first kappa shape index (κ1) is 11.1. The lowest BCUT2D eigenvalue weighted by molar-refractivity contribution is -0.122. The number of carbonyl (C=O) groups is 1. The van der Waals surface area contributed by atoms with Gasteiger partial charge in [0.05, 0.1) is 6.20 Å². The minimum Gasteiger partial charge on any atom is -0.399 e. The standard InChI is InChI=1S/C11H13N5O/c12-10-3-1-9(2-4-10)7-13-11(17)8-16-6-5-14-15-16/h1-6H,7-8,12H2,(H,13,17). The molecule has 0 aliphatic carbocycles. The second kappa shape index (κ2) is 5.11. The summed E-state index contributed by atoms with van der Waals surface area (Å²) in [5.74, 6) is -0.104. The molecule has 0 aliphatic rings. The van der Waals surface area contributed by atoms with Crippen molar-refractivity contribution in [2.45, 2.75) is 13.1 Å². The first-order chi connectivity index (χ1) is 8.24. The maximum Gasteiger partial charge on any atom is 0.242 e. The number of nitrogens with one attached hydrogen (secondary N) is 1. The highest BCUT2D eigenvalue weighted by atomic mass is 16.2. The maximum absolute atomic E-state index is 11.5. The van der Waals surface area contributed by atoms with Gasteiger partial charge in [0, 0.05) is 18.4 Å². The Bertz CT molecular complexity index is 477. The average molecular weight is 231 g/mol. The molecule has 3 N–H and O–H groups in total. The van der Waals surface area contributed by atoms with E-state index in [1.807, 2.05) is 12.1 Å². The molecule has 0 saturated carbocycles. The van der Waals surface area contributed by atoms with E-state index < -0.39 is 0 Å². The van der Waals surface area contributed by atoms with Crippen LogP contribution in [0.3, 0.4) is 0 Å². The Morgan fingerprint density at radius 3 is 2.76 bits per heavy atom. The van der Waals surface area contributed by atoms with Crippen LogP contribution in [0.25, 0.3) is 0 Å². The number of benzene rings is 1. The number of aromatic nitrogens is 3. The van der Waals surface area contributed by atoms with Crippen LogP contribution < -0.4 is 11.1 Å². The number of anilines is 1. The number of nitrogen functional groups attached to an aromatic ring is 1. The molecule has 0 fully saturated rings. The van der Waals surface area contributed by atoms with Gasteiger partial charge in [0.2, 0.25) is 5.91 Å². The molecule has 2 rings (SSSR count). The summed E-state index contributed by atoms with van der Waals surface area (Å²) >= 11 is 0. The first-order valence-electron chi connectivity index (χ1n) is 5.19. The number of hydrogen-bond acceptors (Lipinski definition) is 4. The van der Waals surface area contributed by atoms with Crippen molar-refractivity contribution in [3.8, 4) is 0 Å². The molecular formula is C11H13N5O. The largest absolute Gasteiger partial charge is 0.399 e. The highest BCUT2D eigenvalue weighted by Gasteiger charge is 2.02. The second-order valence-electron chi connectivity index (χ2n) is 3.62. The van der Waals surface area contributed by atoms with Crippen LogP contribution in [0.5, 0.6) is 0 Å². The molecule has 0 atom stereocenters. The zero-order valence-corrected chi connectivity index (χ0v) is 9.21. The van der Waals surface area contributed by atoms with E-state index >= 15 is 0 Å². The Morgan fingerprint density at radius 2 is 2.12 bits per heavy atom. The minimum atomic E-state index is -0.104. The minimum absolute atomic E-state index is 0.104. The van der Waals surface area contributed by atoms with E-state index in [0.717, 1.165) is 5.56 Å². The highest BCUT2D eigenvalue weighted by Crippen LogP contribution is 2.04. The normalized spacial score (nSPS) is 10.1. The van der Waals surface area contributed by atoms with Gasteiger partial charge in [-0.15, -0.1) is 5.10 Å². The lowest BCUT2D eigenvalue weighted by Crippen LogP contribution is -2.27. The monoisotopic (exact) mass is 231 g/mol. The molecule has 2 aromatic rings. The van der Waals surface area contributed by atoms with E-state index in [9.17, 15) is 4.79 Å². The zero-order valence-electron chi connectivity index (χ0n) is 9.21. The summed E-state index contributed by atoms with van der Waals surface area (Å²) in [7, 11) is 0. The summed E-state index contributed by atoms with van der Waals surface area (Å²) in [4.78, 5) is 11.5. The maximum atomic E-state index is 11.5. The van der Waals surface area contributed by atoms with E-state index in [2.05, 4.69) is 15.6 Å². The van der Waals surface area contributed by atoms with Crippen LogP contribution in [-0.2, 0) is 17.9 Å². The van der Waals surface area contributed by atoms with E-state index in [1.54, 1.807) is 18.3 Å². The van der Waals surface area contributed by atoms with Gasteiger partial charge in [0.1, 0.15) is 6.54 Å². The van der Waals surface area contributed by atoms with Crippen molar-refractivity contribution in [2.75, 3.05) is 5.73 Å². The molecule has 0 unspecified atom stereocenters. The van der Waals surface area contributed by atoms with Crippen LogP contribution in [0.15, 0.2) is 36.7 Å². The lowest BCUT2D eigenvalue weighted by Gasteiger charge is -2.05. The van der Waals surface area contributed by atoms with Gasteiger partial charge in [0.15, 0.2) is 0 Å². The average Bonchev–Trinajstić information content (AvgIpc) is 2.81. The fraction of sp³-hybridized carbons (Fsp3) is 0.182. The quantitative estimate of drug-likeness (QED) is 0.735. The van der Waals surface area contributed by atoms with Crippen LogP contribution in [0.2, 0.25) is 0 Å². The van der Waals surface area contributed by atoms with Crippen LogP contribution in [-0.4, -0.2) is 20.9 Å².